The maximum Gasteiger partial charge on any atom is 0.232 e. The van der Waals surface area contributed by atoms with Crippen molar-refractivity contribution < 1.29 is 13.3 Å². The van der Waals surface area contributed by atoms with Gasteiger partial charge in [0.1, 0.15) is 11.0 Å². The highest BCUT2D eigenvalue weighted by atomic mass is 32.2. The molecule has 0 atom stereocenters. The fourth-order valence-electron chi connectivity index (χ4n) is 2.71. The fraction of sp³-hybridized carbons (Fsp3) is 0.167. The van der Waals surface area contributed by atoms with Crippen molar-refractivity contribution in [2.45, 2.75) is 18.4 Å². The number of sulfone groups is 1. The summed E-state index contributed by atoms with van der Waals surface area (Å²) in [6.45, 7) is 1.87. The van der Waals surface area contributed by atoms with Crippen molar-refractivity contribution in [3.8, 4) is 0 Å². The number of aryl methyl sites for hydroxylation is 1. The minimum absolute atomic E-state index is 0.0301. The number of para-hydroxylation sites is 1. The lowest BCUT2D eigenvalue weighted by atomic mass is 10.2. The maximum absolute atomic E-state index is 11.8. The summed E-state index contributed by atoms with van der Waals surface area (Å²) in [5.41, 5.74) is 8.54. The second-order valence-electron chi connectivity index (χ2n) is 6.53. The van der Waals surface area contributed by atoms with Crippen LogP contribution in [0.25, 0.3) is 11.0 Å². The lowest BCUT2D eigenvalue weighted by Gasteiger charge is -2.10. The molecule has 0 fully saturated rings. The molecule has 0 aliphatic rings. The zero-order valence-electron chi connectivity index (χ0n) is 16.1. The molecule has 0 radical (unpaired) electrons. The Kier molecular flexibility index (Phi) is 4.91. The molecule has 4 aromatic rings. The topological polar surface area (TPSA) is 151 Å². The number of fused-ring (bicyclic) bond motifs is 1. The Morgan fingerprint density at radius 1 is 1.13 bits per heavy atom. The second kappa shape index (κ2) is 7.55. The van der Waals surface area contributed by atoms with Gasteiger partial charge in [-0.1, -0.05) is 23.0 Å². The van der Waals surface area contributed by atoms with Gasteiger partial charge < -0.3 is 15.9 Å². The molecule has 4 rings (SSSR count). The van der Waals surface area contributed by atoms with E-state index in [9.17, 15) is 8.42 Å². The fourth-order valence-corrected chi connectivity index (χ4v) is 3.36. The molecule has 3 N–H and O–H groups in total. The van der Waals surface area contributed by atoms with Gasteiger partial charge in [-0.05, 0) is 42.0 Å². The summed E-state index contributed by atoms with van der Waals surface area (Å²) in [5, 5.41) is 10.9. The van der Waals surface area contributed by atoms with Gasteiger partial charge >= 0.3 is 0 Å². The number of nitrogens with zero attached hydrogens (tertiary/aromatic N) is 6. The number of rotatable bonds is 6. The van der Waals surface area contributed by atoms with Crippen LogP contribution in [0.5, 0.6) is 0 Å². The van der Waals surface area contributed by atoms with Crippen LogP contribution in [-0.2, 0) is 16.4 Å². The summed E-state index contributed by atoms with van der Waals surface area (Å²) in [7, 11) is -3.38. The monoisotopic (exact) mass is 426 g/mol. The van der Waals surface area contributed by atoms with Gasteiger partial charge in [0.05, 0.1) is 4.90 Å². The van der Waals surface area contributed by atoms with E-state index < -0.39 is 9.84 Å². The molecule has 154 valence electrons. The van der Waals surface area contributed by atoms with Crippen LogP contribution < -0.4 is 15.9 Å². The van der Waals surface area contributed by atoms with Crippen molar-refractivity contribution in [3.63, 3.8) is 0 Å². The first-order valence-electron chi connectivity index (χ1n) is 8.81. The van der Waals surface area contributed by atoms with Crippen LogP contribution in [0, 0.1) is 6.92 Å². The van der Waals surface area contributed by atoms with Crippen molar-refractivity contribution in [2.75, 3.05) is 17.3 Å². The van der Waals surface area contributed by atoms with Crippen molar-refractivity contribution >= 4 is 38.5 Å². The molecule has 2 aromatic heterocycles. The third kappa shape index (κ3) is 4.12. The number of nitrogens with two attached hydrogens (primary N) is 1. The first-order valence-corrected chi connectivity index (χ1v) is 10.7. The van der Waals surface area contributed by atoms with Crippen molar-refractivity contribution in [2.24, 2.45) is 0 Å². The zero-order chi connectivity index (χ0) is 21.3. The van der Waals surface area contributed by atoms with E-state index in [-0.39, 0.29) is 29.2 Å². The molecule has 0 saturated heterocycles. The highest BCUT2D eigenvalue weighted by Gasteiger charge is 2.13. The van der Waals surface area contributed by atoms with E-state index >= 15 is 0 Å². The third-order valence-corrected chi connectivity index (χ3v) is 5.33. The summed E-state index contributed by atoms with van der Waals surface area (Å²) in [5.74, 6) is 0.571. The maximum atomic E-state index is 11.8. The molecule has 0 saturated carbocycles. The molecule has 0 spiro atoms. The van der Waals surface area contributed by atoms with E-state index in [1.165, 1.54) is 12.1 Å². The highest BCUT2D eigenvalue weighted by molar-refractivity contribution is 7.90. The van der Waals surface area contributed by atoms with Crippen molar-refractivity contribution in [1.29, 1.82) is 0 Å². The van der Waals surface area contributed by atoms with Crippen LogP contribution in [-0.4, -0.2) is 44.8 Å². The molecule has 0 unspecified atom stereocenters. The van der Waals surface area contributed by atoms with Crippen LogP contribution in [0.15, 0.2) is 47.4 Å². The molecule has 0 bridgehead atoms. The number of anilines is 3. The molecule has 2 aromatic carbocycles. The van der Waals surface area contributed by atoms with Gasteiger partial charge in [-0.15, -0.1) is 5.10 Å². The van der Waals surface area contributed by atoms with Crippen LogP contribution in [0.3, 0.4) is 0 Å². The number of aromatic nitrogens is 6. The minimum atomic E-state index is -3.38. The van der Waals surface area contributed by atoms with Crippen molar-refractivity contribution in [1.82, 2.24) is 30.1 Å². The predicted octanol–water partition coefficient (Wildman–Crippen LogP) is 1.28. The van der Waals surface area contributed by atoms with E-state index in [0.29, 0.717) is 11.0 Å². The first-order chi connectivity index (χ1) is 14.3. The van der Waals surface area contributed by atoms with E-state index in [0.717, 1.165) is 22.4 Å². The second-order valence-corrected chi connectivity index (χ2v) is 8.55. The van der Waals surface area contributed by atoms with E-state index in [1.54, 1.807) is 6.07 Å². The zero-order valence-corrected chi connectivity index (χ0v) is 17.0. The molecule has 2 heterocycles. The number of hydrogen-bond acceptors (Lipinski definition) is 10. The largest absolute Gasteiger partial charge is 0.387 e. The Morgan fingerprint density at radius 2 is 1.93 bits per heavy atom. The Morgan fingerprint density at radius 3 is 2.70 bits per heavy atom. The Balaban J connectivity index is 1.57. The van der Waals surface area contributed by atoms with Gasteiger partial charge in [0.25, 0.3) is 0 Å². The van der Waals surface area contributed by atoms with Gasteiger partial charge in [-0.2, -0.15) is 15.0 Å². The predicted molar refractivity (Wildman–Crippen MR) is 110 cm³/mol. The summed E-state index contributed by atoms with van der Waals surface area (Å²) in [4.78, 5) is 19.3. The van der Waals surface area contributed by atoms with Crippen LogP contribution in [0.2, 0.25) is 0 Å². The standard InChI is InChI=1S/C18H18N8O3S/c1-11-5-3-4-6-13(11)20-18-22-16(21-17(19)23-18)10-29-26-15-9-12(30(2,27)28)7-8-14(15)24-25-26/h3-9H,10H2,1-2H3,(H3,19,20,21,22,23). The van der Waals surface area contributed by atoms with E-state index in [1.807, 2.05) is 31.2 Å². The molecule has 12 heteroatoms. The van der Waals surface area contributed by atoms with Gasteiger partial charge in [-0.3, -0.25) is 0 Å². The lowest BCUT2D eigenvalue weighted by molar-refractivity contribution is 0.0709. The smallest absolute Gasteiger partial charge is 0.232 e. The molecular formula is C18H18N8O3S. The van der Waals surface area contributed by atoms with Crippen molar-refractivity contribution in [3.05, 3.63) is 53.9 Å². The first kappa shape index (κ1) is 19.5. The molecular weight excluding hydrogens is 408 g/mol. The van der Waals surface area contributed by atoms with Crippen LogP contribution >= 0.6 is 0 Å². The summed E-state index contributed by atoms with van der Waals surface area (Å²) >= 11 is 0. The Bertz CT molecular complexity index is 1340. The molecule has 0 amide bonds. The van der Waals surface area contributed by atoms with E-state index in [4.69, 9.17) is 10.6 Å². The van der Waals surface area contributed by atoms with E-state index in [2.05, 4.69) is 30.6 Å². The molecule has 0 aliphatic heterocycles. The number of nitrogen functional groups attached to an aromatic ring is 1. The summed E-state index contributed by atoms with van der Waals surface area (Å²) < 4.78 is 23.6. The van der Waals surface area contributed by atoms with Gasteiger partial charge in [0, 0.05) is 11.9 Å². The molecule has 30 heavy (non-hydrogen) atoms. The highest BCUT2D eigenvalue weighted by Crippen LogP contribution is 2.19. The summed E-state index contributed by atoms with van der Waals surface area (Å²) in [6.07, 6.45) is 1.12. The Labute approximate surface area is 171 Å². The third-order valence-electron chi connectivity index (χ3n) is 4.22. The quantitative estimate of drug-likeness (QED) is 0.461. The SMILES string of the molecule is Cc1ccccc1Nc1nc(N)nc(COn2nnc3ccc(S(C)(=O)=O)cc32)n1. The van der Waals surface area contributed by atoms with Crippen LogP contribution in [0.4, 0.5) is 17.6 Å². The summed E-state index contributed by atoms with van der Waals surface area (Å²) in [6, 6.07) is 12.1. The number of nitrogens with one attached hydrogen (secondary N) is 1. The Hall–Kier alpha value is -3.80. The number of hydrogen-bond donors (Lipinski definition) is 2. The van der Waals surface area contributed by atoms with Crippen LogP contribution in [0.1, 0.15) is 11.4 Å². The van der Waals surface area contributed by atoms with Gasteiger partial charge in [0.2, 0.25) is 11.9 Å². The number of benzene rings is 2. The van der Waals surface area contributed by atoms with Gasteiger partial charge in [0.15, 0.2) is 22.3 Å². The molecule has 0 aliphatic carbocycles. The average Bonchev–Trinajstić information content (AvgIpc) is 3.09. The average molecular weight is 426 g/mol. The minimum Gasteiger partial charge on any atom is -0.387 e. The molecule has 11 nitrogen and oxygen atoms in total. The normalized spacial score (nSPS) is 11.5. The van der Waals surface area contributed by atoms with Gasteiger partial charge in [-0.25, -0.2) is 8.42 Å². The lowest BCUT2D eigenvalue weighted by Crippen LogP contribution is -2.16.